The molecule has 0 bridgehead atoms. The summed E-state index contributed by atoms with van der Waals surface area (Å²) in [4.78, 5) is 12.8. The van der Waals surface area contributed by atoms with Crippen LogP contribution in [0.15, 0.2) is 48.5 Å². The van der Waals surface area contributed by atoms with Crippen molar-refractivity contribution in [2.24, 2.45) is 0 Å². The molecule has 0 aliphatic carbocycles. The number of H-pyrrole nitrogens is 1. The second-order valence-corrected chi connectivity index (χ2v) is 7.93. The zero-order chi connectivity index (χ0) is 25.7. The van der Waals surface area contributed by atoms with Crippen molar-refractivity contribution < 1.29 is 23.0 Å². The van der Waals surface area contributed by atoms with E-state index in [1.54, 1.807) is 30.3 Å². The minimum absolute atomic E-state index is 0.139. The lowest BCUT2D eigenvalue weighted by Gasteiger charge is -2.13. The highest BCUT2D eigenvalue weighted by Crippen LogP contribution is 2.38. The molecule has 1 amide bonds. The maximum absolute atomic E-state index is 14.9. The Balaban J connectivity index is 1.54. The van der Waals surface area contributed by atoms with Gasteiger partial charge in [0.25, 0.3) is 5.91 Å². The van der Waals surface area contributed by atoms with Gasteiger partial charge in [-0.2, -0.15) is 5.10 Å². The molecular weight excluding hydrogens is 468 g/mol. The Morgan fingerprint density at radius 3 is 2.31 bits per heavy atom. The van der Waals surface area contributed by atoms with Gasteiger partial charge in [0.1, 0.15) is 0 Å². The number of rotatable bonds is 10. The van der Waals surface area contributed by atoms with Gasteiger partial charge in [0.15, 0.2) is 29.0 Å². The van der Waals surface area contributed by atoms with Gasteiger partial charge in [-0.3, -0.25) is 9.89 Å². The van der Waals surface area contributed by atoms with Gasteiger partial charge in [-0.1, -0.05) is 13.0 Å². The zero-order valence-corrected chi connectivity index (χ0v) is 20.2. The smallest absolute Gasteiger partial charge is 0.256 e. The standard InChI is InChI=1S/C26H27F2N5O3/c1-4-29-11-12-30-17-8-5-15(6-9-17)26(34)31-25-18-10-7-16(13-19(18)32-33-25)22-23(27)20(35-2)14-21(36-3)24(22)28/h5-10,13-14,29-30H,4,11-12H2,1-3H3,(H2,31,32,33,34). The molecule has 0 radical (unpaired) electrons. The van der Waals surface area contributed by atoms with Crippen molar-refractivity contribution in [2.45, 2.75) is 6.92 Å². The Kier molecular flexibility index (Phi) is 7.65. The summed E-state index contributed by atoms with van der Waals surface area (Å²) in [7, 11) is 2.59. The van der Waals surface area contributed by atoms with E-state index >= 15 is 0 Å². The van der Waals surface area contributed by atoms with Gasteiger partial charge in [-0.25, -0.2) is 8.78 Å². The first-order valence-electron chi connectivity index (χ1n) is 11.4. The van der Waals surface area contributed by atoms with Crippen molar-refractivity contribution in [2.75, 3.05) is 44.5 Å². The Hall–Kier alpha value is -4.18. The van der Waals surface area contributed by atoms with E-state index in [9.17, 15) is 13.6 Å². The van der Waals surface area contributed by atoms with Crippen LogP contribution < -0.4 is 25.4 Å². The molecule has 0 fully saturated rings. The molecule has 3 aromatic carbocycles. The summed E-state index contributed by atoms with van der Waals surface area (Å²) in [5.74, 6) is -2.00. The van der Waals surface area contributed by atoms with E-state index in [1.807, 2.05) is 19.1 Å². The second-order valence-electron chi connectivity index (χ2n) is 7.93. The summed E-state index contributed by atoms with van der Waals surface area (Å²) in [5, 5.41) is 16.8. The fraction of sp³-hybridized carbons (Fsp3) is 0.231. The van der Waals surface area contributed by atoms with Crippen LogP contribution in [0.4, 0.5) is 20.3 Å². The van der Waals surface area contributed by atoms with E-state index in [2.05, 4.69) is 26.1 Å². The SMILES string of the molecule is CCNCCNc1ccc(C(=O)Nc2n[nH]c3cc(-c4c(F)c(OC)cc(OC)c4F)ccc23)cc1. The molecule has 0 saturated carbocycles. The number of nitrogens with zero attached hydrogens (tertiary/aromatic N) is 1. The first kappa shape index (κ1) is 24.9. The van der Waals surface area contributed by atoms with Gasteiger partial charge >= 0.3 is 0 Å². The summed E-state index contributed by atoms with van der Waals surface area (Å²) < 4.78 is 39.9. The van der Waals surface area contributed by atoms with Crippen LogP contribution in [0, 0.1) is 11.6 Å². The molecule has 1 heterocycles. The monoisotopic (exact) mass is 495 g/mol. The topological polar surface area (TPSA) is 100 Å². The molecule has 36 heavy (non-hydrogen) atoms. The van der Waals surface area contributed by atoms with E-state index < -0.39 is 11.6 Å². The van der Waals surface area contributed by atoms with Crippen molar-refractivity contribution in [3.05, 3.63) is 65.7 Å². The molecule has 4 rings (SSSR count). The molecule has 0 aliphatic rings. The molecular formula is C26H27F2N5O3. The number of carbonyl (C=O) groups is 1. The lowest BCUT2D eigenvalue weighted by atomic mass is 10.0. The first-order valence-corrected chi connectivity index (χ1v) is 11.4. The predicted octanol–water partition coefficient (Wildman–Crippen LogP) is 4.80. The maximum atomic E-state index is 14.9. The largest absolute Gasteiger partial charge is 0.494 e. The third kappa shape index (κ3) is 5.08. The van der Waals surface area contributed by atoms with Crippen LogP contribution in [-0.2, 0) is 0 Å². The van der Waals surface area contributed by atoms with Crippen molar-refractivity contribution in [1.82, 2.24) is 15.5 Å². The summed E-state index contributed by atoms with van der Waals surface area (Å²) in [6, 6.07) is 13.0. The Labute approximate surface area is 207 Å². The molecule has 8 nitrogen and oxygen atoms in total. The fourth-order valence-corrected chi connectivity index (χ4v) is 3.80. The number of anilines is 2. The molecule has 4 aromatic rings. The van der Waals surface area contributed by atoms with E-state index in [0.717, 1.165) is 31.4 Å². The number of halogens is 2. The number of fused-ring (bicyclic) bond motifs is 1. The molecule has 10 heteroatoms. The number of nitrogens with one attached hydrogen (secondary N) is 4. The first-order chi connectivity index (χ1) is 17.5. The highest BCUT2D eigenvalue weighted by Gasteiger charge is 2.22. The van der Waals surface area contributed by atoms with Gasteiger partial charge in [0, 0.05) is 35.8 Å². The quantitative estimate of drug-likeness (QED) is 0.236. The molecule has 4 N–H and O–H groups in total. The number of aromatic nitrogens is 2. The highest BCUT2D eigenvalue weighted by molar-refractivity contribution is 6.08. The average Bonchev–Trinajstić information content (AvgIpc) is 3.29. The van der Waals surface area contributed by atoms with Crippen molar-refractivity contribution in [1.29, 1.82) is 0 Å². The van der Waals surface area contributed by atoms with Crippen LogP contribution in [0.1, 0.15) is 17.3 Å². The summed E-state index contributed by atoms with van der Waals surface area (Å²) in [6.45, 7) is 4.58. The highest BCUT2D eigenvalue weighted by atomic mass is 19.1. The Bertz CT molecular complexity index is 1340. The number of likely N-dealkylation sites (N-methyl/N-ethyl adjacent to an activating group) is 1. The number of aromatic amines is 1. The predicted molar refractivity (Wildman–Crippen MR) is 136 cm³/mol. The van der Waals surface area contributed by atoms with Crippen LogP contribution in [0.2, 0.25) is 0 Å². The maximum Gasteiger partial charge on any atom is 0.256 e. The minimum atomic E-state index is -0.845. The van der Waals surface area contributed by atoms with Crippen LogP contribution in [0.25, 0.3) is 22.0 Å². The number of ether oxygens (including phenoxy) is 2. The summed E-state index contributed by atoms with van der Waals surface area (Å²) >= 11 is 0. The molecule has 0 aliphatic heterocycles. The third-order valence-corrected chi connectivity index (χ3v) is 5.69. The van der Waals surface area contributed by atoms with Crippen LogP contribution in [-0.4, -0.2) is 50.0 Å². The summed E-state index contributed by atoms with van der Waals surface area (Å²) in [6.07, 6.45) is 0. The van der Waals surface area contributed by atoms with Crippen molar-refractivity contribution in [3.63, 3.8) is 0 Å². The average molecular weight is 496 g/mol. The Morgan fingerprint density at radius 2 is 1.67 bits per heavy atom. The normalized spacial score (nSPS) is 10.9. The van der Waals surface area contributed by atoms with Gasteiger partial charge in [-0.15, -0.1) is 0 Å². The number of hydrogen-bond acceptors (Lipinski definition) is 6. The van der Waals surface area contributed by atoms with E-state index in [1.165, 1.54) is 14.2 Å². The third-order valence-electron chi connectivity index (χ3n) is 5.69. The van der Waals surface area contributed by atoms with E-state index in [4.69, 9.17) is 9.47 Å². The van der Waals surface area contributed by atoms with E-state index in [0.29, 0.717) is 22.3 Å². The van der Waals surface area contributed by atoms with Gasteiger partial charge in [-0.05, 0) is 48.5 Å². The van der Waals surface area contributed by atoms with Crippen molar-refractivity contribution in [3.8, 4) is 22.6 Å². The number of carbonyl (C=O) groups excluding carboxylic acids is 1. The van der Waals surface area contributed by atoms with Crippen LogP contribution in [0.3, 0.4) is 0 Å². The van der Waals surface area contributed by atoms with E-state index in [-0.39, 0.29) is 28.5 Å². The van der Waals surface area contributed by atoms with Gasteiger partial charge < -0.3 is 25.4 Å². The number of methoxy groups -OCH3 is 2. The summed E-state index contributed by atoms with van der Waals surface area (Å²) in [5.41, 5.74) is 1.84. The molecule has 1 aromatic heterocycles. The second kappa shape index (κ2) is 11.0. The number of amides is 1. The van der Waals surface area contributed by atoms with Gasteiger partial charge in [0.2, 0.25) is 0 Å². The van der Waals surface area contributed by atoms with Crippen LogP contribution >= 0.6 is 0 Å². The lowest BCUT2D eigenvalue weighted by Crippen LogP contribution is -2.21. The number of hydrogen-bond donors (Lipinski definition) is 4. The number of benzene rings is 3. The van der Waals surface area contributed by atoms with Gasteiger partial charge in [0.05, 0.1) is 25.3 Å². The van der Waals surface area contributed by atoms with Crippen LogP contribution in [0.5, 0.6) is 11.5 Å². The van der Waals surface area contributed by atoms with Crippen molar-refractivity contribution >= 4 is 28.3 Å². The Morgan fingerprint density at radius 1 is 0.972 bits per heavy atom. The molecule has 0 atom stereocenters. The molecule has 0 saturated heterocycles. The fourth-order valence-electron chi connectivity index (χ4n) is 3.80. The molecule has 0 spiro atoms. The minimum Gasteiger partial charge on any atom is -0.494 e. The lowest BCUT2D eigenvalue weighted by molar-refractivity contribution is 0.102. The molecule has 188 valence electrons. The zero-order valence-electron chi connectivity index (χ0n) is 20.2. The molecule has 0 unspecified atom stereocenters.